The van der Waals surface area contributed by atoms with Gasteiger partial charge in [-0.3, -0.25) is 4.79 Å². The van der Waals surface area contributed by atoms with E-state index in [1.165, 1.54) is 0 Å². The number of halogens is 1. The van der Waals surface area contributed by atoms with Gasteiger partial charge in [-0.25, -0.2) is 0 Å². The van der Waals surface area contributed by atoms with Crippen LogP contribution in [-0.4, -0.2) is 22.2 Å². The highest BCUT2D eigenvalue weighted by atomic mass is 35.5. The molecule has 1 aromatic heterocycles. The van der Waals surface area contributed by atoms with Gasteiger partial charge in [-0.15, -0.1) is 0 Å². The summed E-state index contributed by atoms with van der Waals surface area (Å²) >= 11 is 5.87. The topological polar surface area (TPSA) is 54.3 Å². The number of rotatable bonds is 2. The van der Waals surface area contributed by atoms with Gasteiger partial charge < -0.3 is 15.0 Å². The van der Waals surface area contributed by atoms with E-state index in [2.05, 4.69) is 17.2 Å². The molecular weight excluding hydrogens is 288 g/mol. The number of amides is 1. The molecule has 0 radical (unpaired) electrons. The lowest BCUT2D eigenvalue weighted by Crippen LogP contribution is -2.15. The molecule has 0 bridgehead atoms. The van der Waals surface area contributed by atoms with E-state index in [9.17, 15) is 4.79 Å². The molecule has 0 aliphatic rings. The number of aliphatic hydroxyl groups excluding tert-OH is 1. The van der Waals surface area contributed by atoms with Gasteiger partial charge in [-0.1, -0.05) is 23.4 Å². The summed E-state index contributed by atoms with van der Waals surface area (Å²) in [7, 11) is 1.76. The van der Waals surface area contributed by atoms with Crippen molar-refractivity contribution in [1.29, 1.82) is 0 Å². The van der Waals surface area contributed by atoms with E-state index >= 15 is 0 Å². The summed E-state index contributed by atoms with van der Waals surface area (Å²) < 4.78 is 1.67. The molecular formula is C16H15ClN2O2. The second-order valence-electron chi connectivity index (χ2n) is 4.60. The highest BCUT2D eigenvalue weighted by molar-refractivity contribution is 6.31. The van der Waals surface area contributed by atoms with Gasteiger partial charge in [0.1, 0.15) is 12.3 Å². The minimum atomic E-state index is -0.224. The van der Waals surface area contributed by atoms with Crippen LogP contribution in [0, 0.1) is 18.8 Å². The highest BCUT2D eigenvalue weighted by Gasteiger charge is 2.11. The maximum atomic E-state index is 12.2. The minimum Gasteiger partial charge on any atom is -0.384 e. The van der Waals surface area contributed by atoms with Gasteiger partial charge in [-0.2, -0.15) is 0 Å². The molecule has 0 saturated carbocycles. The molecule has 0 aliphatic heterocycles. The number of benzene rings is 1. The standard InChI is InChI=1S/C16H15ClN2O2/c1-11-8-14(6-5-12(11)4-3-7-20)18-16(21)15-9-13(17)10-19(15)2/h5-6,8-10,20H,7H2,1-2H3,(H,18,21). The Kier molecular flexibility index (Phi) is 4.69. The van der Waals surface area contributed by atoms with Crippen LogP contribution in [-0.2, 0) is 7.05 Å². The van der Waals surface area contributed by atoms with E-state index in [1.54, 1.807) is 29.9 Å². The van der Waals surface area contributed by atoms with Crippen molar-refractivity contribution < 1.29 is 9.90 Å². The van der Waals surface area contributed by atoms with Gasteiger partial charge in [0.05, 0.1) is 5.02 Å². The van der Waals surface area contributed by atoms with Gasteiger partial charge >= 0.3 is 0 Å². The van der Waals surface area contributed by atoms with Crippen molar-refractivity contribution in [3.8, 4) is 11.8 Å². The average Bonchev–Trinajstić information content (AvgIpc) is 2.77. The van der Waals surface area contributed by atoms with E-state index in [4.69, 9.17) is 16.7 Å². The number of aromatic nitrogens is 1. The zero-order valence-electron chi connectivity index (χ0n) is 11.8. The van der Waals surface area contributed by atoms with Crippen LogP contribution < -0.4 is 5.32 Å². The van der Waals surface area contributed by atoms with Crippen molar-refractivity contribution in [3.05, 3.63) is 52.3 Å². The van der Waals surface area contributed by atoms with Crippen LogP contribution >= 0.6 is 11.6 Å². The number of anilines is 1. The van der Waals surface area contributed by atoms with Crippen LogP contribution in [0.25, 0.3) is 0 Å². The Labute approximate surface area is 128 Å². The summed E-state index contributed by atoms with van der Waals surface area (Å²) in [6.45, 7) is 1.72. The highest BCUT2D eigenvalue weighted by Crippen LogP contribution is 2.17. The van der Waals surface area contributed by atoms with Crippen molar-refractivity contribution in [2.75, 3.05) is 11.9 Å². The molecule has 4 nitrogen and oxygen atoms in total. The van der Waals surface area contributed by atoms with Crippen LogP contribution in [0.3, 0.4) is 0 Å². The fourth-order valence-corrected chi connectivity index (χ4v) is 2.21. The predicted octanol–water partition coefficient (Wildman–Crippen LogP) is 2.58. The molecule has 2 rings (SSSR count). The Balaban J connectivity index is 2.18. The van der Waals surface area contributed by atoms with E-state index in [0.717, 1.165) is 11.1 Å². The molecule has 5 heteroatoms. The lowest BCUT2D eigenvalue weighted by atomic mass is 10.1. The molecule has 108 valence electrons. The molecule has 0 spiro atoms. The molecule has 1 heterocycles. The van der Waals surface area contributed by atoms with Crippen LogP contribution in [0.2, 0.25) is 5.02 Å². The summed E-state index contributed by atoms with van der Waals surface area (Å²) in [5.41, 5.74) is 2.92. The summed E-state index contributed by atoms with van der Waals surface area (Å²) in [5.74, 6) is 5.23. The van der Waals surface area contributed by atoms with Crippen LogP contribution in [0.15, 0.2) is 30.5 Å². The average molecular weight is 303 g/mol. The summed E-state index contributed by atoms with van der Waals surface area (Å²) in [4.78, 5) is 12.2. The van der Waals surface area contributed by atoms with Gasteiger partial charge in [0.15, 0.2) is 0 Å². The zero-order chi connectivity index (χ0) is 15.4. The largest absolute Gasteiger partial charge is 0.384 e. The van der Waals surface area contributed by atoms with Crippen molar-refractivity contribution in [2.45, 2.75) is 6.92 Å². The quantitative estimate of drug-likeness (QED) is 0.838. The molecule has 0 unspecified atom stereocenters. The molecule has 21 heavy (non-hydrogen) atoms. The van der Waals surface area contributed by atoms with Crippen molar-refractivity contribution in [1.82, 2.24) is 4.57 Å². The van der Waals surface area contributed by atoms with Crippen LogP contribution in [0.5, 0.6) is 0 Å². The molecule has 2 aromatic rings. The first-order valence-electron chi connectivity index (χ1n) is 6.35. The summed E-state index contributed by atoms with van der Waals surface area (Å²) in [6, 6.07) is 7.04. The zero-order valence-corrected chi connectivity index (χ0v) is 12.5. The number of hydrogen-bond donors (Lipinski definition) is 2. The first kappa shape index (κ1) is 15.2. The maximum absolute atomic E-state index is 12.2. The Hall–Kier alpha value is -2.22. The van der Waals surface area contributed by atoms with Gasteiger partial charge in [0.2, 0.25) is 0 Å². The first-order valence-corrected chi connectivity index (χ1v) is 6.72. The SMILES string of the molecule is Cc1cc(NC(=O)c2cc(Cl)cn2C)ccc1C#CCO. The Morgan fingerprint density at radius 2 is 2.19 bits per heavy atom. The monoisotopic (exact) mass is 302 g/mol. The van der Waals surface area contributed by atoms with Crippen molar-refractivity contribution in [3.63, 3.8) is 0 Å². The van der Waals surface area contributed by atoms with Crippen molar-refractivity contribution in [2.24, 2.45) is 7.05 Å². The first-order chi connectivity index (χ1) is 10.0. The van der Waals surface area contributed by atoms with E-state index in [0.29, 0.717) is 16.4 Å². The number of aryl methyl sites for hydroxylation is 2. The fraction of sp³-hybridized carbons (Fsp3) is 0.188. The molecule has 0 atom stereocenters. The van der Waals surface area contributed by atoms with Gasteiger partial charge in [0.25, 0.3) is 5.91 Å². The second-order valence-corrected chi connectivity index (χ2v) is 5.03. The fourth-order valence-electron chi connectivity index (χ4n) is 1.96. The number of hydrogen-bond acceptors (Lipinski definition) is 2. The molecule has 0 aliphatic carbocycles. The Bertz CT molecular complexity index is 738. The van der Waals surface area contributed by atoms with Gasteiger partial charge in [0, 0.05) is 24.5 Å². The van der Waals surface area contributed by atoms with Crippen LogP contribution in [0.1, 0.15) is 21.6 Å². The number of nitrogens with zero attached hydrogens (tertiary/aromatic N) is 1. The molecule has 2 N–H and O–H groups in total. The third-order valence-corrected chi connectivity index (χ3v) is 3.20. The molecule has 0 saturated heterocycles. The predicted molar refractivity (Wildman–Crippen MR) is 83.5 cm³/mol. The number of carbonyl (C=O) groups excluding carboxylic acids is 1. The number of aliphatic hydroxyl groups is 1. The van der Waals surface area contributed by atoms with E-state index < -0.39 is 0 Å². The summed E-state index contributed by atoms with van der Waals surface area (Å²) in [6.07, 6.45) is 1.68. The molecule has 1 aromatic carbocycles. The third kappa shape index (κ3) is 3.66. The third-order valence-electron chi connectivity index (χ3n) is 2.99. The second kappa shape index (κ2) is 6.49. The lowest BCUT2D eigenvalue weighted by molar-refractivity contribution is 0.101. The van der Waals surface area contributed by atoms with Crippen molar-refractivity contribution >= 4 is 23.2 Å². The van der Waals surface area contributed by atoms with Crippen LogP contribution in [0.4, 0.5) is 5.69 Å². The Morgan fingerprint density at radius 3 is 2.76 bits per heavy atom. The Morgan fingerprint density at radius 1 is 1.43 bits per heavy atom. The maximum Gasteiger partial charge on any atom is 0.272 e. The molecule has 0 fully saturated rings. The van der Waals surface area contributed by atoms with E-state index in [1.807, 2.05) is 19.1 Å². The van der Waals surface area contributed by atoms with Gasteiger partial charge in [-0.05, 0) is 36.8 Å². The molecule has 1 amide bonds. The number of carbonyl (C=O) groups is 1. The lowest BCUT2D eigenvalue weighted by Gasteiger charge is -2.08. The normalized spacial score (nSPS) is 9.90. The minimum absolute atomic E-state index is 0.174. The number of nitrogens with one attached hydrogen (secondary N) is 1. The van der Waals surface area contributed by atoms with E-state index in [-0.39, 0.29) is 12.5 Å². The smallest absolute Gasteiger partial charge is 0.272 e. The summed E-state index contributed by atoms with van der Waals surface area (Å²) in [5, 5.41) is 12.0.